The third-order valence-electron chi connectivity index (χ3n) is 2.90. The molecular weight excluding hydrogens is 285 g/mol. The van der Waals surface area contributed by atoms with Gasteiger partial charge in [-0.1, -0.05) is 12.1 Å². The number of halogens is 3. The minimum atomic E-state index is -4.69. The van der Waals surface area contributed by atoms with Gasteiger partial charge in [-0.2, -0.15) is 0 Å². The van der Waals surface area contributed by atoms with Crippen LogP contribution in [0.2, 0.25) is 0 Å². The number of furan rings is 1. The van der Waals surface area contributed by atoms with Gasteiger partial charge in [0, 0.05) is 0 Å². The number of hydrogen-bond acceptors (Lipinski definition) is 4. The van der Waals surface area contributed by atoms with Crippen molar-refractivity contribution in [3.05, 3.63) is 53.5 Å². The summed E-state index contributed by atoms with van der Waals surface area (Å²) in [5, 5.41) is 0. The van der Waals surface area contributed by atoms with Crippen LogP contribution in [0.25, 0.3) is 0 Å². The quantitative estimate of drug-likeness (QED) is 0.657. The summed E-state index contributed by atoms with van der Waals surface area (Å²) in [7, 11) is 0. The average Bonchev–Trinajstić information content (AvgIpc) is 2.82. The highest BCUT2D eigenvalue weighted by molar-refractivity contribution is 5.28. The summed E-state index contributed by atoms with van der Waals surface area (Å²) in [5.41, 5.74) is 3.43. The molecule has 0 saturated carbocycles. The van der Waals surface area contributed by atoms with Crippen molar-refractivity contribution < 1.29 is 22.3 Å². The second-order valence-electron chi connectivity index (χ2n) is 4.56. The summed E-state index contributed by atoms with van der Waals surface area (Å²) in [6, 6.07) is 9.02. The minimum absolute atomic E-state index is 0.252. The third-order valence-corrected chi connectivity index (χ3v) is 2.90. The van der Waals surface area contributed by atoms with Crippen molar-refractivity contribution in [1.82, 2.24) is 5.43 Å². The van der Waals surface area contributed by atoms with E-state index in [2.05, 4.69) is 10.2 Å². The smallest absolute Gasteiger partial charge is 0.465 e. The Morgan fingerprint density at radius 1 is 1.19 bits per heavy atom. The fourth-order valence-corrected chi connectivity index (χ4v) is 1.95. The lowest BCUT2D eigenvalue weighted by atomic mass is 10.0. The number of alkyl halides is 3. The van der Waals surface area contributed by atoms with Gasteiger partial charge in [0.15, 0.2) is 0 Å². The first kappa shape index (κ1) is 15.4. The van der Waals surface area contributed by atoms with Crippen molar-refractivity contribution in [2.45, 2.75) is 25.7 Å². The van der Waals surface area contributed by atoms with Gasteiger partial charge in [-0.15, -0.1) is 13.2 Å². The van der Waals surface area contributed by atoms with E-state index in [0.717, 1.165) is 11.3 Å². The molecule has 0 aliphatic rings. The molecule has 0 amide bonds. The molecule has 2 rings (SSSR count). The molecule has 3 N–H and O–H groups in total. The molecule has 7 heteroatoms. The molecule has 0 saturated heterocycles. The Bertz CT molecular complexity index is 579. The largest absolute Gasteiger partial charge is 0.573 e. The van der Waals surface area contributed by atoms with E-state index in [1.54, 1.807) is 18.2 Å². The summed E-state index contributed by atoms with van der Waals surface area (Å²) >= 11 is 0. The number of rotatable bonds is 5. The predicted octanol–water partition coefficient (Wildman–Crippen LogP) is 3.23. The van der Waals surface area contributed by atoms with Crippen molar-refractivity contribution in [3.63, 3.8) is 0 Å². The summed E-state index contributed by atoms with van der Waals surface area (Å²) < 4.78 is 45.5. The number of benzene rings is 1. The molecule has 0 spiro atoms. The number of ether oxygens (including phenoxy) is 1. The van der Waals surface area contributed by atoms with Gasteiger partial charge in [-0.25, -0.2) is 5.43 Å². The van der Waals surface area contributed by atoms with Gasteiger partial charge < -0.3 is 9.15 Å². The fourth-order valence-electron chi connectivity index (χ4n) is 1.95. The van der Waals surface area contributed by atoms with Crippen LogP contribution in [0.15, 0.2) is 40.8 Å². The summed E-state index contributed by atoms with van der Waals surface area (Å²) in [6.45, 7) is 1.82. The molecule has 1 heterocycles. The Morgan fingerprint density at radius 2 is 1.86 bits per heavy atom. The molecule has 114 valence electrons. The first-order valence-electron chi connectivity index (χ1n) is 6.24. The first-order valence-corrected chi connectivity index (χ1v) is 6.24. The molecule has 1 unspecified atom stereocenters. The number of aryl methyl sites for hydroxylation is 1. The van der Waals surface area contributed by atoms with Gasteiger partial charge in [0.2, 0.25) is 0 Å². The highest BCUT2D eigenvalue weighted by Gasteiger charge is 2.31. The van der Waals surface area contributed by atoms with E-state index in [9.17, 15) is 13.2 Å². The van der Waals surface area contributed by atoms with Crippen LogP contribution < -0.4 is 16.0 Å². The van der Waals surface area contributed by atoms with Crippen LogP contribution in [-0.2, 0) is 6.42 Å². The van der Waals surface area contributed by atoms with E-state index in [-0.39, 0.29) is 11.8 Å². The van der Waals surface area contributed by atoms with Crippen LogP contribution in [0.3, 0.4) is 0 Å². The van der Waals surface area contributed by atoms with Gasteiger partial charge in [0.25, 0.3) is 0 Å². The number of hydrazine groups is 1. The van der Waals surface area contributed by atoms with E-state index in [0.29, 0.717) is 12.2 Å². The molecule has 0 fully saturated rings. The van der Waals surface area contributed by atoms with Gasteiger partial charge in [-0.3, -0.25) is 5.84 Å². The zero-order valence-electron chi connectivity index (χ0n) is 11.3. The Morgan fingerprint density at radius 3 is 2.33 bits per heavy atom. The molecule has 1 atom stereocenters. The Balaban J connectivity index is 2.05. The highest BCUT2D eigenvalue weighted by atomic mass is 19.4. The van der Waals surface area contributed by atoms with Crippen LogP contribution in [0.1, 0.15) is 23.1 Å². The SMILES string of the molecule is Cc1ccc(C(Cc2ccc(OC(F)(F)F)cc2)NN)o1. The normalized spacial score (nSPS) is 13.2. The zero-order valence-corrected chi connectivity index (χ0v) is 11.3. The molecule has 0 aliphatic carbocycles. The molecule has 1 aromatic carbocycles. The summed E-state index contributed by atoms with van der Waals surface area (Å²) in [6.07, 6.45) is -4.20. The number of nitrogens with two attached hydrogens (primary N) is 1. The maximum Gasteiger partial charge on any atom is 0.573 e. The second kappa shape index (κ2) is 6.19. The monoisotopic (exact) mass is 300 g/mol. The van der Waals surface area contributed by atoms with E-state index in [1.165, 1.54) is 12.1 Å². The van der Waals surface area contributed by atoms with Crippen molar-refractivity contribution in [2.24, 2.45) is 5.84 Å². The lowest BCUT2D eigenvalue weighted by Crippen LogP contribution is -2.29. The molecule has 0 aliphatic heterocycles. The summed E-state index contributed by atoms with van der Waals surface area (Å²) in [5.74, 6) is 6.67. The minimum Gasteiger partial charge on any atom is -0.465 e. The first-order chi connectivity index (χ1) is 9.87. The third kappa shape index (κ3) is 4.51. The molecular formula is C14H15F3N2O2. The fraction of sp³-hybridized carbons (Fsp3) is 0.286. The van der Waals surface area contributed by atoms with Gasteiger partial charge in [0.1, 0.15) is 17.3 Å². The van der Waals surface area contributed by atoms with Crippen LogP contribution in [0.4, 0.5) is 13.2 Å². The lowest BCUT2D eigenvalue weighted by molar-refractivity contribution is -0.274. The maximum atomic E-state index is 12.1. The van der Waals surface area contributed by atoms with Crippen LogP contribution >= 0.6 is 0 Å². The van der Waals surface area contributed by atoms with Crippen molar-refractivity contribution in [2.75, 3.05) is 0 Å². The zero-order chi connectivity index (χ0) is 15.5. The molecule has 1 aromatic heterocycles. The van der Waals surface area contributed by atoms with E-state index < -0.39 is 6.36 Å². The topological polar surface area (TPSA) is 60.4 Å². The van der Waals surface area contributed by atoms with Crippen molar-refractivity contribution >= 4 is 0 Å². The number of hydrogen-bond donors (Lipinski definition) is 2. The van der Waals surface area contributed by atoms with Crippen LogP contribution in [0, 0.1) is 6.92 Å². The van der Waals surface area contributed by atoms with Gasteiger partial charge in [-0.05, 0) is 43.2 Å². The Labute approximate surface area is 119 Å². The van der Waals surface area contributed by atoms with Crippen LogP contribution in [-0.4, -0.2) is 6.36 Å². The predicted molar refractivity (Wildman–Crippen MR) is 70.3 cm³/mol. The van der Waals surface area contributed by atoms with Crippen LogP contribution in [0.5, 0.6) is 5.75 Å². The Kier molecular flexibility index (Phi) is 4.54. The molecule has 0 radical (unpaired) electrons. The molecule has 2 aromatic rings. The molecule has 21 heavy (non-hydrogen) atoms. The van der Waals surface area contributed by atoms with E-state index in [1.807, 2.05) is 13.0 Å². The highest BCUT2D eigenvalue weighted by Crippen LogP contribution is 2.25. The molecule has 4 nitrogen and oxygen atoms in total. The van der Waals surface area contributed by atoms with Crippen molar-refractivity contribution in [1.29, 1.82) is 0 Å². The van der Waals surface area contributed by atoms with Gasteiger partial charge in [0.05, 0.1) is 6.04 Å². The van der Waals surface area contributed by atoms with Gasteiger partial charge >= 0.3 is 6.36 Å². The lowest BCUT2D eigenvalue weighted by Gasteiger charge is -2.14. The standard InChI is InChI=1S/C14H15F3N2O2/c1-9-2-7-13(20-9)12(19-18)8-10-3-5-11(6-4-10)21-14(15,16)17/h2-7,12,19H,8,18H2,1H3. The number of nitrogens with one attached hydrogen (secondary N) is 1. The molecule has 0 bridgehead atoms. The average molecular weight is 300 g/mol. The van der Waals surface area contributed by atoms with E-state index in [4.69, 9.17) is 10.3 Å². The maximum absolute atomic E-state index is 12.1. The van der Waals surface area contributed by atoms with E-state index >= 15 is 0 Å². The Hall–Kier alpha value is -1.99. The summed E-state index contributed by atoms with van der Waals surface area (Å²) in [4.78, 5) is 0. The van der Waals surface area contributed by atoms with Crippen molar-refractivity contribution in [3.8, 4) is 5.75 Å². The second-order valence-corrected chi connectivity index (χ2v) is 4.56.